The highest BCUT2D eigenvalue weighted by Crippen LogP contribution is 2.04. The Morgan fingerprint density at radius 1 is 1.54 bits per heavy atom. The molecule has 0 aromatic rings. The lowest BCUT2D eigenvalue weighted by molar-refractivity contribution is -0.121. The SMILES string of the molecule is NCCCCC(=O)NC1CCOC1. The zero-order valence-corrected chi connectivity index (χ0v) is 7.92. The number of unbranched alkanes of at least 4 members (excludes halogenated alkanes) is 1. The molecule has 1 amide bonds. The third-order valence-corrected chi connectivity index (χ3v) is 2.15. The van der Waals surface area contributed by atoms with E-state index in [0.717, 1.165) is 25.9 Å². The van der Waals surface area contributed by atoms with E-state index in [0.29, 0.717) is 19.6 Å². The molecule has 13 heavy (non-hydrogen) atoms. The van der Waals surface area contributed by atoms with E-state index in [9.17, 15) is 4.79 Å². The Balaban J connectivity index is 2.02. The number of hydrogen-bond donors (Lipinski definition) is 2. The minimum Gasteiger partial charge on any atom is -0.379 e. The molecule has 1 aliphatic rings. The van der Waals surface area contributed by atoms with Crippen LogP contribution in [0.2, 0.25) is 0 Å². The Morgan fingerprint density at radius 2 is 2.38 bits per heavy atom. The quantitative estimate of drug-likeness (QED) is 0.595. The monoisotopic (exact) mass is 186 g/mol. The molecule has 0 radical (unpaired) electrons. The number of nitrogens with one attached hydrogen (secondary N) is 1. The zero-order chi connectivity index (χ0) is 9.52. The van der Waals surface area contributed by atoms with Crippen molar-refractivity contribution in [3.05, 3.63) is 0 Å². The molecule has 0 bridgehead atoms. The van der Waals surface area contributed by atoms with Gasteiger partial charge in [-0.1, -0.05) is 0 Å². The fourth-order valence-corrected chi connectivity index (χ4v) is 1.38. The predicted octanol–water partition coefficient (Wildman–Crippen LogP) is 0.0205. The van der Waals surface area contributed by atoms with Gasteiger partial charge in [0.05, 0.1) is 12.6 Å². The van der Waals surface area contributed by atoms with Gasteiger partial charge < -0.3 is 15.8 Å². The van der Waals surface area contributed by atoms with Gasteiger partial charge in [0.2, 0.25) is 5.91 Å². The first kappa shape index (κ1) is 10.5. The molecule has 1 saturated heterocycles. The first-order valence-corrected chi connectivity index (χ1v) is 4.90. The molecule has 0 saturated carbocycles. The summed E-state index contributed by atoms with van der Waals surface area (Å²) >= 11 is 0. The van der Waals surface area contributed by atoms with E-state index < -0.39 is 0 Å². The zero-order valence-electron chi connectivity index (χ0n) is 7.92. The van der Waals surface area contributed by atoms with Crippen LogP contribution in [-0.4, -0.2) is 31.7 Å². The van der Waals surface area contributed by atoms with Crippen LogP contribution in [0.5, 0.6) is 0 Å². The highest BCUT2D eigenvalue weighted by molar-refractivity contribution is 5.76. The highest BCUT2D eigenvalue weighted by Gasteiger charge is 2.16. The van der Waals surface area contributed by atoms with Crippen LogP contribution < -0.4 is 11.1 Å². The van der Waals surface area contributed by atoms with Crippen molar-refractivity contribution in [1.82, 2.24) is 5.32 Å². The van der Waals surface area contributed by atoms with Gasteiger partial charge >= 0.3 is 0 Å². The van der Waals surface area contributed by atoms with Crippen LogP contribution in [0.3, 0.4) is 0 Å². The van der Waals surface area contributed by atoms with Crippen LogP contribution in [0, 0.1) is 0 Å². The Morgan fingerprint density at radius 3 is 3.00 bits per heavy atom. The first-order chi connectivity index (χ1) is 6.33. The van der Waals surface area contributed by atoms with Gasteiger partial charge in [0, 0.05) is 13.0 Å². The van der Waals surface area contributed by atoms with E-state index in [1.54, 1.807) is 0 Å². The van der Waals surface area contributed by atoms with Gasteiger partial charge in [0.15, 0.2) is 0 Å². The van der Waals surface area contributed by atoms with Crippen molar-refractivity contribution in [1.29, 1.82) is 0 Å². The van der Waals surface area contributed by atoms with Crippen LogP contribution in [-0.2, 0) is 9.53 Å². The number of amides is 1. The van der Waals surface area contributed by atoms with Crippen LogP contribution in [0.1, 0.15) is 25.7 Å². The number of ether oxygens (including phenoxy) is 1. The van der Waals surface area contributed by atoms with Gasteiger partial charge in [-0.05, 0) is 25.8 Å². The predicted molar refractivity (Wildman–Crippen MR) is 50.3 cm³/mol. The van der Waals surface area contributed by atoms with E-state index in [1.807, 2.05) is 0 Å². The average Bonchev–Trinajstić information content (AvgIpc) is 2.57. The highest BCUT2D eigenvalue weighted by atomic mass is 16.5. The molecule has 1 aliphatic heterocycles. The molecule has 1 heterocycles. The normalized spacial score (nSPS) is 21.8. The molecule has 4 nitrogen and oxygen atoms in total. The third kappa shape index (κ3) is 4.24. The van der Waals surface area contributed by atoms with Gasteiger partial charge in [-0.3, -0.25) is 4.79 Å². The van der Waals surface area contributed by atoms with Crippen molar-refractivity contribution in [2.24, 2.45) is 5.73 Å². The molecule has 0 aromatic carbocycles. The standard InChI is InChI=1S/C9H18N2O2/c10-5-2-1-3-9(12)11-8-4-6-13-7-8/h8H,1-7,10H2,(H,11,12). The Labute approximate surface area is 78.8 Å². The van der Waals surface area contributed by atoms with E-state index in [-0.39, 0.29) is 11.9 Å². The lowest BCUT2D eigenvalue weighted by Crippen LogP contribution is -2.34. The summed E-state index contributed by atoms with van der Waals surface area (Å²) in [6.07, 6.45) is 3.35. The lowest BCUT2D eigenvalue weighted by Gasteiger charge is -2.09. The third-order valence-electron chi connectivity index (χ3n) is 2.15. The fraction of sp³-hybridized carbons (Fsp3) is 0.889. The molecule has 1 atom stereocenters. The van der Waals surface area contributed by atoms with E-state index in [4.69, 9.17) is 10.5 Å². The van der Waals surface area contributed by atoms with E-state index >= 15 is 0 Å². The topological polar surface area (TPSA) is 64.4 Å². The average molecular weight is 186 g/mol. The Hall–Kier alpha value is -0.610. The summed E-state index contributed by atoms with van der Waals surface area (Å²) in [5, 5.41) is 2.93. The summed E-state index contributed by atoms with van der Waals surface area (Å²) in [4.78, 5) is 11.3. The maximum atomic E-state index is 11.3. The summed E-state index contributed by atoms with van der Waals surface area (Å²) in [6.45, 7) is 2.11. The molecular formula is C9H18N2O2. The van der Waals surface area contributed by atoms with Gasteiger partial charge in [-0.15, -0.1) is 0 Å². The van der Waals surface area contributed by atoms with Crippen molar-refractivity contribution in [2.45, 2.75) is 31.7 Å². The van der Waals surface area contributed by atoms with Crippen molar-refractivity contribution in [2.75, 3.05) is 19.8 Å². The molecule has 76 valence electrons. The van der Waals surface area contributed by atoms with Gasteiger partial charge in [0.1, 0.15) is 0 Å². The van der Waals surface area contributed by atoms with Crippen LogP contribution >= 0.6 is 0 Å². The Bertz CT molecular complexity index is 156. The van der Waals surface area contributed by atoms with Crippen molar-refractivity contribution < 1.29 is 9.53 Å². The second-order valence-corrected chi connectivity index (χ2v) is 3.37. The summed E-state index contributed by atoms with van der Waals surface area (Å²) < 4.78 is 5.15. The summed E-state index contributed by atoms with van der Waals surface area (Å²) in [7, 11) is 0. The molecule has 0 spiro atoms. The number of nitrogens with two attached hydrogens (primary N) is 1. The molecule has 0 aromatic heterocycles. The largest absolute Gasteiger partial charge is 0.379 e. The van der Waals surface area contributed by atoms with Crippen molar-refractivity contribution >= 4 is 5.91 Å². The molecule has 4 heteroatoms. The summed E-state index contributed by atoms with van der Waals surface area (Å²) in [6, 6.07) is 0.241. The minimum atomic E-state index is 0.129. The van der Waals surface area contributed by atoms with Crippen LogP contribution in [0.4, 0.5) is 0 Å². The van der Waals surface area contributed by atoms with Crippen LogP contribution in [0.25, 0.3) is 0 Å². The smallest absolute Gasteiger partial charge is 0.220 e. The van der Waals surface area contributed by atoms with Gasteiger partial charge in [0.25, 0.3) is 0 Å². The summed E-state index contributed by atoms with van der Waals surface area (Å²) in [5.41, 5.74) is 5.33. The van der Waals surface area contributed by atoms with Crippen molar-refractivity contribution in [3.63, 3.8) is 0 Å². The number of hydrogen-bond acceptors (Lipinski definition) is 3. The molecule has 0 aliphatic carbocycles. The first-order valence-electron chi connectivity index (χ1n) is 4.90. The fourth-order valence-electron chi connectivity index (χ4n) is 1.38. The Kier molecular flexibility index (Phi) is 4.78. The van der Waals surface area contributed by atoms with Gasteiger partial charge in [-0.25, -0.2) is 0 Å². The summed E-state index contributed by atoms with van der Waals surface area (Å²) in [5.74, 6) is 0.129. The minimum absolute atomic E-state index is 0.129. The molecule has 1 rings (SSSR count). The van der Waals surface area contributed by atoms with Crippen LogP contribution in [0.15, 0.2) is 0 Å². The second-order valence-electron chi connectivity index (χ2n) is 3.37. The van der Waals surface area contributed by atoms with E-state index in [1.165, 1.54) is 0 Å². The second kappa shape index (κ2) is 5.94. The number of carbonyl (C=O) groups excluding carboxylic acids is 1. The molecule has 1 fully saturated rings. The maximum Gasteiger partial charge on any atom is 0.220 e. The molecule has 3 N–H and O–H groups in total. The lowest BCUT2D eigenvalue weighted by atomic mass is 10.2. The molecule has 1 unspecified atom stereocenters. The molecular weight excluding hydrogens is 168 g/mol. The van der Waals surface area contributed by atoms with Gasteiger partial charge in [-0.2, -0.15) is 0 Å². The van der Waals surface area contributed by atoms with Crippen molar-refractivity contribution in [3.8, 4) is 0 Å². The number of carbonyl (C=O) groups is 1. The maximum absolute atomic E-state index is 11.3. The van der Waals surface area contributed by atoms with E-state index in [2.05, 4.69) is 5.32 Å². The number of rotatable bonds is 5.